The van der Waals surface area contributed by atoms with Crippen molar-refractivity contribution in [1.82, 2.24) is 5.32 Å². The summed E-state index contributed by atoms with van der Waals surface area (Å²) in [6.45, 7) is 3.98. The van der Waals surface area contributed by atoms with Crippen LogP contribution < -0.4 is 5.32 Å². The number of nitrogens with one attached hydrogen (secondary N) is 1. The number of hydrogen-bond donors (Lipinski definition) is 1. The number of halogens is 2. The number of carbonyl (C=O) groups excluding carboxylic acids is 1. The largest absolute Gasteiger partial charge is 0.382 e. The Balaban J connectivity index is 2.87. The van der Waals surface area contributed by atoms with Gasteiger partial charge in [0.25, 0.3) is 5.91 Å². The smallest absolute Gasteiger partial charge is 0.254 e. The van der Waals surface area contributed by atoms with Crippen LogP contribution in [-0.4, -0.2) is 25.2 Å². The first-order chi connectivity index (χ1) is 7.87. The van der Waals surface area contributed by atoms with E-state index in [4.69, 9.17) is 4.74 Å². The summed E-state index contributed by atoms with van der Waals surface area (Å²) in [4.78, 5) is 11.9. The molecule has 0 heterocycles. The van der Waals surface area contributed by atoms with Gasteiger partial charge >= 0.3 is 0 Å². The first kappa shape index (κ1) is 14.1. The summed E-state index contributed by atoms with van der Waals surface area (Å²) < 4.78 is 18.9. The quantitative estimate of drug-likeness (QED) is 0.929. The normalized spacial score (nSPS) is 11.4. The van der Waals surface area contributed by atoms with Crippen molar-refractivity contribution in [2.45, 2.75) is 19.4 Å². The maximum Gasteiger partial charge on any atom is 0.254 e. The lowest BCUT2D eigenvalue weighted by molar-refractivity contribution is 0.0816. The Morgan fingerprint density at radius 3 is 2.76 bits per heavy atom. The van der Waals surface area contributed by atoms with Crippen LogP contribution in [0.25, 0.3) is 0 Å². The molecule has 1 N–H and O–H groups in total. The van der Waals surface area contributed by atoms with Crippen LogP contribution in [0, 0.1) is 5.82 Å². The molecule has 0 aliphatic rings. The van der Waals surface area contributed by atoms with Crippen LogP contribution in [0.1, 0.15) is 24.2 Å². The first-order valence-electron chi connectivity index (χ1n) is 5.13. The second kappa shape index (κ2) is 5.60. The Morgan fingerprint density at radius 1 is 1.53 bits per heavy atom. The average Bonchev–Trinajstić information content (AvgIpc) is 2.21. The number of hydrogen-bond acceptors (Lipinski definition) is 2. The van der Waals surface area contributed by atoms with E-state index in [-0.39, 0.29) is 10.0 Å². The van der Waals surface area contributed by atoms with Crippen LogP contribution in [0.5, 0.6) is 0 Å². The first-order valence-corrected chi connectivity index (χ1v) is 5.92. The average molecular weight is 304 g/mol. The summed E-state index contributed by atoms with van der Waals surface area (Å²) in [6.07, 6.45) is 0. The fraction of sp³-hybridized carbons (Fsp3) is 0.417. The standard InChI is InChI=1S/C12H15BrFNO2/c1-12(2,7-17-3)15-11(16)8-5-4-6-9(13)10(8)14/h4-6H,7H2,1-3H3,(H,15,16). The van der Waals surface area contributed by atoms with Crippen molar-refractivity contribution in [3.8, 4) is 0 Å². The molecule has 0 aromatic heterocycles. The molecule has 5 heteroatoms. The fourth-order valence-electron chi connectivity index (χ4n) is 1.45. The number of rotatable bonds is 4. The van der Waals surface area contributed by atoms with Gasteiger partial charge in [-0.05, 0) is 41.9 Å². The molecule has 0 radical (unpaired) electrons. The van der Waals surface area contributed by atoms with E-state index in [9.17, 15) is 9.18 Å². The molecular weight excluding hydrogens is 289 g/mol. The van der Waals surface area contributed by atoms with E-state index >= 15 is 0 Å². The van der Waals surface area contributed by atoms with Gasteiger partial charge in [-0.25, -0.2) is 4.39 Å². The van der Waals surface area contributed by atoms with Crippen LogP contribution in [0.2, 0.25) is 0 Å². The second-order valence-electron chi connectivity index (χ2n) is 4.37. The SMILES string of the molecule is COCC(C)(C)NC(=O)c1cccc(Br)c1F. The van der Waals surface area contributed by atoms with Crippen molar-refractivity contribution in [2.75, 3.05) is 13.7 Å². The molecule has 0 spiro atoms. The molecule has 1 rings (SSSR count). The molecule has 17 heavy (non-hydrogen) atoms. The van der Waals surface area contributed by atoms with E-state index in [1.54, 1.807) is 19.2 Å². The second-order valence-corrected chi connectivity index (χ2v) is 5.23. The molecule has 0 unspecified atom stereocenters. The topological polar surface area (TPSA) is 38.3 Å². The molecule has 1 amide bonds. The van der Waals surface area contributed by atoms with E-state index < -0.39 is 17.3 Å². The summed E-state index contributed by atoms with van der Waals surface area (Å²) in [5.41, 5.74) is -0.524. The Hall–Kier alpha value is -0.940. The zero-order chi connectivity index (χ0) is 13.1. The molecule has 0 atom stereocenters. The molecule has 0 fully saturated rings. The van der Waals surface area contributed by atoms with E-state index in [1.165, 1.54) is 6.07 Å². The van der Waals surface area contributed by atoms with E-state index in [0.717, 1.165) is 0 Å². The lowest BCUT2D eigenvalue weighted by Crippen LogP contribution is -2.47. The maximum absolute atomic E-state index is 13.7. The van der Waals surface area contributed by atoms with Crippen molar-refractivity contribution >= 4 is 21.8 Å². The van der Waals surface area contributed by atoms with Crippen LogP contribution in [0.15, 0.2) is 22.7 Å². The molecule has 0 saturated heterocycles. The van der Waals surface area contributed by atoms with Crippen LogP contribution in [-0.2, 0) is 4.74 Å². The number of methoxy groups -OCH3 is 1. The predicted octanol–water partition coefficient (Wildman–Crippen LogP) is 2.74. The summed E-state index contributed by atoms with van der Waals surface area (Å²) in [7, 11) is 1.55. The lowest BCUT2D eigenvalue weighted by Gasteiger charge is -2.25. The predicted molar refractivity (Wildman–Crippen MR) is 67.5 cm³/mol. The molecule has 1 aromatic carbocycles. The third kappa shape index (κ3) is 3.78. The van der Waals surface area contributed by atoms with Crippen molar-refractivity contribution in [3.63, 3.8) is 0 Å². The third-order valence-corrected chi connectivity index (χ3v) is 2.77. The highest BCUT2D eigenvalue weighted by atomic mass is 79.9. The van der Waals surface area contributed by atoms with Gasteiger partial charge in [0.05, 0.1) is 22.2 Å². The van der Waals surface area contributed by atoms with E-state index in [0.29, 0.717) is 6.61 Å². The van der Waals surface area contributed by atoms with Crippen LogP contribution >= 0.6 is 15.9 Å². The molecule has 0 aliphatic heterocycles. The summed E-state index contributed by atoms with van der Waals surface area (Å²) >= 11 is 3.05. The van der Waals surface area contributed by atoms with Crippen LogP contribution in [0.4, 0.5) is 4.39 Å². The lowest BCUT2D eigenvalue weighted by atomic mass is 10.1. The molecule has 0 aliphatic carbocycles. The molecule has 94 valence electrons. The van der Waals surface area contributed by atoms with E-state index in [1.807, 2.05) is 13.8 Å². The minimum atomic E-state index is -0.557. The Bertz CT molecular complexity index is 421. The van der Waals surface area contributed by atoms with Gasteiger partial charge in [-0.3, -0.25) is 4.79 Å². The molecular formula is C12H15BrFNO2. The molecule has 0 saturated carbocycles. The van der Waals surface area contributed by atoms with Gasteiger partial charge < -0.3 is 10.1 Å². The van der Waals surface area contributed by atoms with Gasteiger partial charge in [-0.1, -0.05) is 6.07 Å². The number of amides is 1. The highest BCUT2D eigenvalue weighted by Crippen LogP contribution is 2.19. The Kier molecular flexibility index (Phi) is 4.65. The maximum atomic E-state index is 13.7. The van der Waals surface area contributed by atoms with Crippen LogP contribution in [0.3, 0.4) is 0 Å². The van der Waals surface area contributed by atoms with Gasteiger partial charge in [0, 0.05) is 7.11 Å². The van der Waals surface area contributed by atoms with Gasteiger partial charge in [-0.15, -0.1) is 0 Å². The third-order valence-electron chi connectivity index (χ3n) is 2.15. The van der Waals surface area contributed by atoms with Gasteiger partial charge in [-0.2, -0.15) is 0 Å². The van der Waals surface area contributed by atoms with Crippen molar-refractivity contribution in [3.05, 3.63) is 34.1 Å². The number of ether oxygens (including phenoxy) is 1. The minimum absolute atomic E-state index is 0.0172. The Morgan fingerprint density at radius 2 is 2.18 bits per heavy atom. The molecule has 0 bridgehead atoms. The Labute approximate surface area is 108 Å². The number of carbonyl (C=O) groups is 1. The zero-order valence-electron chi connectivity index (χ0n) is 10.0. The highest BCUT2D eigenvalue weighted by Gasteiger charge is 2.23. The summed E-state index contributed by atoms with van der Waals surface area (Å²) in [6, 6.07) is 4.61. The van der Waals surface area contributed by atoms with Crippen molar-refractivity contribution in [1.29, 1.82) is 0 Å². The number of benzene rings is 1. The minimum Gasteiger partial charge on any atom is -0.382 e. The molecule has 1 aromatic rings. The monoisotopic (exact) mass is 303 g/mol. The summed E-state index contributed by atoms with van der Waals surface area (Å²) in [5, 5.41) is 2.72. The van der Waals surface area contributed by atoms with Crippen molar-refractivity contribution < 1.29 is 13.9 Å². The zero-order valence-corrected chi connectivity index (χ0v) is 11.6. The van der Waals surface area contributed by atoms with Gasteiger partial charge in [0.1, 0.15) is 5.82 Å². The fourth-order valence-corrected chi connectivity index (χ4v) is 1.82. The van der Waals surface area contributed by atoms with E-state index in [2.05, 4.69) is 21.2 Å². The molecule has 3 nitrogen and oxygen atoms in total. The summed E-state index contributed by atoms with van der Waals surface area (Å²) in [5.74, 6) is -1.01. The van der Waals surface area contributed by atoms with Crippen molar-refractivity contribution in [2.24, 2.45) is 0 Å². The highest BCUT2D eigenvalue weighted by molar-refractivity contribution is 9.10. The van der Waals surface area contributed by atoms with Gasteiger partial charge in [0.15, 0.2) is 0 Å². The van der Waals surface area contributed by atoms with Gasteiger partial charge in [0.2, 0.25) is 0 Å².